The third kappa shape index (κ3) is 4.57. The number of benzene rings is 1. The number of hydrogen-bond donors (Lipinski definition) is 1. The average Bonchev–Trinajstić information content (AvgIpc) is 2.47. The molecule has 0 spiro atoms. The number of amides is 1. The van der Waals surface area contributed by atoms with E-state index in [2.05, 4.69) is 47.5 Å². The number of piperidine rings is 1. The van der Waals surface area contributed by atoms with Gasteiger partial charge in [0.05, 0.1) is 0 Å². The molecule has 0 aromatic heterocycles. The van der Waals surface area contributed by atoms with Crippen LogP contribution in [0, 0.1) is 5.41 Å². The largest absolute Gasteiger partial charge is 0.352 e. The molecule has 1 aliphatic heterocycles. The molecule has 0 radical (unpaired) electrons. The molecule has 0 saturated carbocycles. The number of nitrogens with zero attached hydrogens (tertiary/aromatic N) is 1. The fourth-order valence-corrected chi connectivity index (χ4v) is 3.16. The Bertz CT molecular complexity index is 478. The van der Waals surface area contributed by atoms with Crippen molar-refractivity contribution in [3.05, 3.63) is 35.9 Å². The maximum Gasteiger partial charge on any atom is 0.225 e. The summed E-state index contributed by atoms with van der Waals surface area (Å²) in [5.74, 6) is 0.662. The van der Waals surface area contributed by atoms with Crippen LogP contribution in [0.25, 0.3) is 0 Å². The van der Waals surface area contributed by atoms with Crippen LogP contribution in [0.2, 0.25) is 0 Å². The van der Waals surface area contributed by atoms with Gasteiger partial charge < -0.3 is 10.2 Å². The van der Waals surface area contributed by atoms with Gasteiger partial charge in [-0.2, -0.15) is 0 Å². The van der Waals surface area contributed by atoms with Crippen molar-refractivity contribution in [2.75, 3.05) is 19.6 Å². The molecule has 22 heavy (non-hydrogen) atoms. The normalized spacial score (nSPS) is 23.3. The molecule has 2 rings (SSSR count). The molecule has 2 unspecified atom stereocenters. The van der Waals surface area contributed by atoms with Gasteiger partial charge >= 0.3 is 0 Å². The van der Waals surface area contributed by atoms with Gasteiger partial charge in [0.25, 0.3) is 0 Å². The van der Waals surface area contributed by atoms with Crippen LogP contribution in [-0.2, 0) is 4.79 Å². The van der Waals surface area contributed by atoms with Crippen molar-refractivity contribution in [1.82, 2.24) is 10.2 Å². The number of nitrogens with one attached hydrogen (secondary N) is 1. The molecular formula is C19H30N2O. The van der Waals surface area contributed by atoms with Gasteiger partial charge in [-0.05, 0) is 30.9 Å². The predicted molar refractivity (Wildman–Crippen MR) is 91.9 cm³/mol. The maximum atomic E-state index is 12.3. The van der Waals surface area contributed by atoms with E-state index in [1.54, 1.807) is 0 Å². The van der Waals surface area contributed by atoms with Crippen molar-refractivity contribution in [2.45, 2.75) is 52.5 Å². The second-order valence-electron chi connectivity index (χ2n) is 7.52. The Morgan fingerprint density at radius 3 is 2.50 bits per heavy atom. The van der Waals surface area contributed by atoms with Crippen molar-refractivity contribution >= 4 is 5.91 Å². The molecule has 1 aromatic carbocycles. The first-order valence-corrected chi connectivity index (χ1v) is 8.48. The minimum atomic E-state index is -0.324. The van der Waals surface area contributed by atoms with E-state index in [1.165, 1.54) is 5.56 Å². The van der Waals surface area contributed by atoms with E-state index >= 15 is 0 Å². The van der Waals surface area contributed by atoms with Crippen LogP contribution in [0.4, 0.5) is 0 Å². The number of rotatable bonds is 4. The van der Waals surface area contributed by atoms with E-state index in [0.29, 0.717) is 5.92 Å². The zero-order valence-corrected chi connectivity index (χ0v) is 14.4. The van der Waals surface area contributed by atoms with Crippen LogP contribution >= 0.6 is 0 Å². The molecule has 1 aliphatic rings. The average molecular weight is 302 g/mol. The first kappa shape index (κ1) is 17.0. The summed E-state index contributed by atoms with van der Waals surface area (Å²) in [7, 11) is 0. The zero-order valence-electron chi connectivity index (χ0n) is 14.4. The molecule has 122 valence electrons. The van der Waals surface area contributed by atoms with Gasteiger partial charge in [-0.3, -0.25) is 4.79 Å². The lowest BCUT2D eigenvalue weighted by Crippen LogP contribution is -2.52. The number of hydrogen-bond acceptors (Lipinski definition) is 2. The van der Waals surface area contributed by atoms with Crippen LogP contribution < -0.4 is 5.32 Å². The summed E-state index contributed by atoms with van der Waals surface area (Å²) in [6.45, 7) is 11.3. The number of carbonyl (C=O) groups excluding carboxylic acids is 1. The highest BCUT2D eigenvalue weighted by Gasteiger charge is 2.31. The van der Waals surface area contributed by atoms with E-state index in [1.807, 2.05) is 20.8 Å². The molecule has 1 aromatic rings. The van der Waals surface area contributed by atoms with Gasteiger partial charge in [0, 0.05) is 24.5 Å². The molecule has 1 fully saturated rings. The predicted octanol–water partition coefficient (Wildman–Crippen LogP) is 3.42. The third-order valence-electron chi connectivity index (χ3n) is 4.35. The molecule has 1 N–H and O–H groups in total. The van der Waals surface area contributed by atoms with E-state index in [9.17, 15) is 4.79 Å². The van der Waals surface area contributed by atoms with Crippen LogP contribution in [0.5, 0.6) is 0 Å². The van der Waals surface area contributed by atoms with E-state index in [0.717, 1.165) is 32.5 Å². The van der Waals surface area contributed by atoms with Crippen LogP contribution in [0.1, 0.15) is 52.0 Å². The molecule has 1 heterocycles. The minimum Gasteiger partial charge on any atom is -0.352 e. The molecule has 1 amide bonds. The SMILES string of the molecule is CCCN1CC(NC(=O)C(C)(C)C)CC(c2ccccc2)C1. The maximum absolute atomic E-state index is 12.3. The Morgan fingerprint density at radius 2 is 1.91 bits per heavy atom. The van der Waals surface area contributed by atoms with Gasteiger partial charge in [-0.15, -0.1) is 0 Å². The lowest BCUT2D eigenvalue weighted by molar-refractivity contribution is -0.129. The van der Waals surface area contributed by atoms with Gasteiger partial charge in [0.15, 0.2) is 0 Å². The molecule has 3 heteroatoms. The Kier molecular flexibility index (Phi) is 5.63. The van der Waals surface area contributed by atoms with Crippen molar-refractivity contribution in [1.29, 1.82) is 0 Å². The van der Waals surface area contributed by atoms with Crippen molar-refractivity contribution in [2.24, 2.45) is 5.41 Å². The standard InChI is InChI=1S/C19H30N2O/c1-5-11-21-13-16(15-9-7-6-8-10-15)12-17(14-21)20-18(22)19(2,3)4/h6-10,16-17H,5,11-14H2,1-4H3,(H,20,22). The topological polar surface area (TPSA) is 32.3 Å². The Balaban J connectivity index is 2.08. The third-order valence-corrected chi connectivity index (χ3v) is 4.35. The second-order valence-corrected chi connectivity index (χ2v) is 7.52. The molecule has 3 nitrogen and oxygen atoms in total. The highest BCUT2D eigenvalue weighted by Crippen LogP contribution is 2.27. The Morgan fingerprint density at radius 1 is 1.23 bits per heavy atom. The van der Waals surface area contributed by atoms with Crippen LogP contribution in [0.3, 0.4) is 0 Å². The van der Waals surface area contributed by atoms with Crippen LogP contribution in [0.15, 0.2) is 30.3 Å². The van der Waals surface area contributed by atoms with Crippen molar-refractivity contribution in [3.63, 3.8) is 0 Å². The Labute approximate surface area is 135 Å². The van der Waals surface area contributed by atoms with Gasteiger partial charge in [0.2, 0.25) is 5.91 Å². The first-order valence-electron chi connectivity index (χ1n) is 8.48. The second kappa shape index (κ2) is 7.28. The lowest BCUT2D eigenvalue weighted by Gasteiger charge is -2.39. The van der Waals surface area contributed by atoms with E-state index in [-0.39, 0.29) is 17.4 Å². The Hall–Kier alpha value is -1.35. The quantitative estimate of drug-likeness (QED) is 0.924. The summed E-state index contributed by atoms with van der Waals surface area (Å²) in [6.07, 6.45) is 2.19. The van der Waals surface area contributed by atoms with Gasteiger partial charge in [0.1, 0.15) is 0 Å². The summed E-state index contributed by atoms with van der Waals surface area (Å²) in [4.78, 5) is 14.8. The summed E-state index contributed by atoms with van der Waals surface area (Å²) >= 11 is 0. The number of carbonyl (C=O) groups is 1. The van der Waals surface area contributed by atoms with Gasteiger partial charge in [-0.25, -0.2) is 0 Å². The highest BCUT2D eigenvalue weighted by atomic mass is 16.2. The highest BCUT2D eigenvalue weighted by molar-refractivity contribution is 5.81. The molecule has 1 saturated heterocycles. The smallest absolute Gasteiger partial charge is 0.225 e. The summed E-state index contributed by atoms with van der Waals surface area (Å²) in [5.41, 5.74) is 1.06. The van der Waals surface area contributed by atoms with E-state index in [4.69, 9.17) is 0 Å². The monoisotopic (exact) mass is 302 g/mol. The number of likely N-dealkylation sites (tertiary alicyclic amines) is 1. The molecule has 0 aliphatic carbocycles. The summed E-state index contributed by atoms with van der Waals surface area (Å²) in [5, 5.41) is 3.27. The zero-order chi connectivity index (χ0) is 16.2. The molecule has 0 bridgehead atoms. The lowest BCUT2D eigenvalue weighted by atomic mass is 9.87. The van der Waals surface area contributed by atoms with Crippen molar-refractivity contribution in [3.8, 4) is 0 Å². The minimum absolute atomic E-state index is 0.155. The summed E-state index contributed by atoms with van der Waals surface area (Å²) in [6, 6.07) is 11.0. The fraction of sp³-hybridized carbons (Fsp3) is 0.632. The molecular weight excluding hydrogens is 272 g/mol. The van der Waals surface area contributed by atoms with Crippen LogP contribution in [-0.4, -0.2) is 36.5 Å². The summed E-state index contributed by atoms with van der Waals surface area (Å²) < 4.78 is 0. The molecule has 2 atom stereocenters. The fourth-order valence-electron chi connectivity index (χ4n) is 3.16. The first-order chi connectivity index (χ1) is 10.4. The van der Waals surface area contributed by atoms with Crippen molar-refractivity contribution < 1.29 is 4.79 Å². The van der Waals surface area contributed by atoms with E-state index < -0.39 is 0 Å². The van der Waals surface area contributed by atoms with Gasteiger partial charge in [-0.1, -0.05) is 58.0 Å².